The molecule has 29 heavy (non-hydrogen) atoms. The van der Waals surface area contributed by atoms with E-state index in [1.165, 1.54) is 19.1 Å². The fourth-order valence-electron chi connectivity index (χ4n) is 2.45. The van der Waals surface area contributed by atoms with Crippen LogP contribution in [-0.4, -0.2) is 29.3 Å². The summed E-state index contributed by atoms with van der Waals surface area (Å²) < 4.78 is 5.21. The molecule has 0 radical (unpaired) electrons. The third-order valence-corrected chi connectivity index (χ3v) is 4.84. The van der Waals surface area contributed by atoms with Crippen LogP contribution in [0.3, 0.4) is 0 Å². The van der Waals surface area contributed by atoms with Crippen molar-refractivity contribution in [3.05, 3.63) is 71.3 Å². The molecule has 0 saturated carbocycles. The van der Waals surface area contributed by atoms with E-state index in [1.807, 2.05) is 19.9 Å². The van der Waals surface area contributed by atoms with Crippen molar-refractivity contribution in [1.29, 1.82) is 5.26 Å². The molecule has 0 spiro atoms. The lowest BCUT2D eigenvalue weighted by molar-refractivity contribution is -0.130. The number of hydrogen-bond acceptors (Lipinski definition) is 5. The number of nitrogens with zero attached hydrogens (tertiary/aromatic N) is 1. The molecule has 2 atom stereocenters. The Bertz CT molecular complexity index is 930. The van der Waals surface area contributed by atoms with Gasteiger partial charge in [0.25, 0.3) is 5.91 Å². The average molecular weight is 392 g/mol. The van der Waals surface area contributed by atoms with Crippen LogP contribution in [0.15, 0.2) is 54.6 Å². The molecule has 0 aliphatic carbocycles. The molecule has 1 amide bonds. The molecule has 2 aromatic carbocycles. The summed E-state index contributed by atoms with van der Waals surface area (Å²) in [5.74, 6) is -1.50. The van der Waals surface area contributed by atoms with Crippen molar-refractivity contribution in [1.82, 2.24) is 5.32 Å². The summed E-state index contributed by atoms with van der Waals surface area (Å²) in [5, 5.41) is 11.9. The minimum atomic E-state index is -1.07. The van der Waals surface area contributed by atoms with Gasteiger partial charge in [0, 0.05) is 11.1 Å². The van der Waals surface area contributed by atoms with Crippen LogP contribution >= 0.6 is 0 Å². The maximum atomic E-state index is 12.4. The smallest absolute Gasteiger partial charge is 0.338 e. The Hall–Kier alpha value is -3.46. The topological polar surface area (TPSA) is 96.3 Å². The van der Waals surface area contributed by atoms with E-state index in [2.05, 4.69) is 11.4 Å². The molecule has 6 nitrogen and oxygen atoms in total. The summed E-state index contributed by atoms with van der Waals surface area (Å²) in [6, 6.07) is 17.0. The molecule has 0 aromatic heterocycles. The SMILES string of the molecule is CC(C)[C@](C)(C#N)NC(=O)[C@H](C)OC(=O)c1ccc(C(=O)c2ccccc2)cc1. The number of nitrogens with one attached hydrogen (secondary N) is 1. The van der Waals surface area contributed by atoms with Gasteiger partial charge in [-0.3, -0.25) is 9.59 Å². The van der Waals surface area contributed by atoms with Gasteiger partial charge in [-0.15, -0.1) is 0 Å². The molecule has 0 aliphatic rings. The number of rotatable bonds is 7. The van der Waals surface area contributed by atoms with Crippen LogP contribution in [0.2, 0.25) is 0 Å². The van der Waals surface area contributed by atoms with Gasteiger partial charge in [-0.25, -0.2) is 4.79 Å². The van der Waals surface area contributed by atoms with Crippen molar-refractivity contribution in [3.63, 3.8) is 0 Å². The van der Waals surface area contributed by atoms with Gasteiger partial charge in [-0.1, -0.05) is 56.3 Å². The minimum absolute atomic E-state index is 0.117. The highest BCUT2D eigenvalue weighted by molar-refractivity contribution is 6.09. The second-order valence-corrected chi connectivity index (χ2v) is 7.28. The number of esters is 1. The number of amides is 1. The summed E-state index contributed by atoms with van der Waals surface area (Å²) in [6.07, 6.45) is -1.07. The summed E-state index contributed by atoms with van der Waals surface area (Å²) in [6.45, 7) is 6.70. The van der Waals surface area contributed by atoms with E-state index in [-0.39, 0.29) is 17.3 Å². The Labute approximate surface area is 170 Å². The lowest BCUT2D eigenvalue weighted by atomic mass is 9.90. The zero-order valence-corrected chi connectivity index (χ0v) is 16.9. The number of ketones is 1. The van der Waals surface area contributed by atoms with Gasteiger partial charge in [0.15, 0.2) is 11.9 Å². The van der Waals surface area contributed by atoms with Gasteiger partial charge in [-0.05, 0) is 31.9 Å². The Morgan fingerprint density at radius 1 is 0.931 bits per heavy atom. The summed E-state index contributed by atoms with van der Waals surface area (Å²) in [5.41, 5.74) is 0.164. The van der Waals surface area contributed by atoms with Crippen molar-refractivity contribution in [2.24, 2.45) is 5.92 Å². The van der Waals surface area contributed by atoms with Crippen LogP contribution in [0.25, 0.3) is 0 Å². The molecular weight excluding hydrogens is 368 g/mol. The fourth-order valence-corrected chi connectivity index (χ4v) is 2.45. The van der Waals surface area contributed by atoms with E-state index in [0.717, 1.165) is 0 Å². The van der Waals surface area contributed by atoms with Gasteiger partial charge < -0.3 is 10.1 Å². The minimum Gasteiger partial charge on any atom is -0.449 e. The summed E-state index contributed by atoms with van der Waals surface area (Å²) >= 11 is 0. The molecule has 0 bridgehead atoms. The third-order valence-electron chi connectivity index (χ3n) is 4.84. The largest absolute Gasteiger partial charge is 0.449 e. The number of benzene rings is 2. The lowest BCUT2D eigenvalue weighted by Gasteiger charge is -2.28. The first kappa shape index (κ1) is 21.8. The Morgan fingerprint density at radius 3 is 1.97 bits per heavy atom. The number of nitriles is 1. The third kappa shape index (κ3) is 5.29. The van der Waals surface area contributed by atoms with Crippen molar-refractivity contribution in [2.75, 3.05) is 0 Å². The van der Waals surface area contributed by atoms with Crippen molar-refractivity contribution in [3.8, 4) is 6.07 Å². The molecule has 0 fully saturated rings. The predicted octanol–water partition coefficient (Wildman–Crippen LogP) is 3.52. The van der Waals surface area contributed by atoms with Crippen LogP contribution in [0.5, 0.6) is 0 Å². The maximum Gasteiger partial charge on any atom is 0.338 e. The zero-order valence-electron chi connectivity index (χ0n) is 16.9. The van der Waals surface area contributed by atoms with E-state index in [0.29, 0.717) is 11.1 Å². The second kappa shape index (κ2) is 9.16. The molecular formula is C23H24N2O4. The van der Waals surface area contributed by atoms with Gasteiger partial charge in [-0.2, -0.15) is 5.26 Å². The molecule has 2 aromatic rings. The Kier molecular flexibility index (Phi) is 6.89. The molecule has 0 aliphatic heterocycles. The Balaban J connectivity index is 2.03. The number of ether oxygens (including phenoxy) is 1. The first-order valence-electron chi connectivity index (χ1n) is 9.32. The van der Waals surface area contributed by atoms with E-state index >= 15 is 0 Å². The quantitative estimate of drug-likeness (QED) is 0.574. The van der Waals surface area contributed by atoms with E-state index in [9.17, 15) is 19.6 Å². The van der Waals surface area contributed by atoms with Crippen LogP contribution in [0.4, 0.5) is 0 Å². The molecule has 0 saturated heterocycles. The lowest BCUT2D eigenvalue weighted by Crippen LogP contribution is -2.52. The molecule has 2 rings (SSSR count). The fraction of sp³-hybridized carbons (Fsp3) is 0.304. The number of hydrogen-bond donors (Lipinski definition) is 1. The number of carbonyl (C=O) groups excluding carboxylic acids is 3. The molecule has 150 valence electrons. The van der Waals surface area contributed by atoms with E-state index < -0.39 is 23.5 Å². The van der Waals surface area contributed by atoms with Crippen LogP contribution in [-0.2, 0) is 9.53 Å². The maximum absolute atomic E-state index is 12.4. The first-order valence-corrected chi connectivity index (χ1v) is 9.32. The van der Waals surface area contributed by atoms with Crippen LogP contribution in [0.1, 0.15) is 54.0 Å². The standard InChI is InChI=1S/C23H24N2O4/c1-15(2)23(4,14-24)25-21(27)16(3)29-22(28)19-12-10-18(11-13-19)20(26)17-8-6-5-7-9-17/h5-13,15-16H,1-4H3,(H,25,27)/t16-,23-/m0/s1. The van der Waals surface area contributed by atoms with Gasteiger partial charge in [0.2, 0.25) is 0 Å². The second-order valence-electron chi connectivity index (χ2n) is 7.28. The predicted molar refractivity (Wildman–Crippen MR) is 108 cm³/mol. The van der Waals surface area contributed by atoms with Crippen molar-refractivity contribution in [2.45, 2.75) is 39.3 Å². The van der Waals surface area contributed by atoms with E-state index in [4.69, 9.17) is 4.74 Å². The molecule has 0 heterocycles. The van der Waals surface area contributed by atoms with Crippen molar-refractivity contribution < 1.29 is 19.1 Å². The van der Waals surface area contributed by atoms with Crippen LogP contribution in [0, 0.1) is 17.2 Å². The highest BCUT2D eigenvalue weighted by atomic mass is 16.5. The molecule has 6 heteroatoms. The van der Waals surface area contributed by atoms with Gasteiger partial charge in [0.05, 0.1) is 11.6 Å². The van der Waals surface area contributed by atoms with Crippen LogP contribution < -0.4 is 5.32 Å². The van der Waals surface area contributed by atoms with Gasteiger partial charge >= 0.3 is 5.97 Å². The zero-order chi connectivity index (χ0) is 21.6. The normalized spacial score (nSPS) is 13.7. The number of carbonyl (C=O) groups is 3. The summed E-state index contributed by atoms with van der Waals surface area (Å²) in [7, 11) is 0. The molecule has 0 unspecified atom stereocenters. The molecule has 1 N–H and O–H groups in total. The highest BCUT2D eigenvalue weighted by Crippen LogP contribution is 2.16. The summed E-state index contributed by atoms with van der Waals surface area (Å²) in [4.78, 5) is 37.0. The van der Waals surface area contributed by atoms with Gasteiger partial charge in [0.1, 0.15) is 5.54 Å². The average Bonchev–Trinajstić information content (AvgIpc) is 2.73. The first-order chi connectivity index (χ1) is 13.7. The monoisotopic (exact) mass is 392 g/mol. The van der Waals surface area contributed by atoms with E-state index in [1.54, 1.807) is 43.3 Å². The highest BCUT2D eigenvalue weighted by Gasteiger charge is 2.32. The van der Waals surface area contributed by atoms with Crippen molar-refractivity contribution >= 4 is 17.7 Å². The Morgan fingerprint density at radius 2 is 1.45 bits per heavy atom.